The number of epoxide rings is 1. The molecule has 0 amide bonds. The average molecular weight is 388 g/mol. The van der Waals surface area contributed by atoms with Crippen LogP contribution in [-0.4, -0.2) is 25.6 Å². The smallest absolute Gasteiger partial charge is 0.147 e. The van der Waals surface area contributed by atoms with Gasteiger partial charge in [-0.3, -0.25) is 0 Å². The van der Waals surface area contributed by atoms with E-state index in [4.69, 9.17) is 14.2 Å². The number of hydrogen-bond donors (Lipinski definition) is 0. The molecule has 0 radical (unpaired) electrons. The Hall–Kier alpha value is -0.430. The van der Waals surface area contributed by atoms with Crippen LogP contribution in [0.25, 0.3) is 0 Å². The minimum atomic E-state index is 0.297. The molecule has 0 aromatic heterocycles. The highest BCUT2D eigenvalue weighted by molar-refractivity contribution is 14.1. The van der Waals surface area contributed by atoms with Crippen LogP contribution in [0.15, 0.2) is 40.5 Å². The molecular weight excluding hydrogens is 367 g/mol. The summed E-state index contributed by atoms with van der Waals surface area (Å²) in [5.74, 6) is 0. The molecule has 0 spiro atoms. The first kappa shape index (κ1) is 15.9. The first-order valence-corrected chi connectivity index (χ1v) is 8.04. The van der Waals surface area contributed by atoms with Crippen LogP contribution in [0.1, 0.15) is 24.8 Å². The molecule has 2 rings (SSSR count). The maximum absolute atomic E-state index is 5.50. The van der Waals surface area contributed by atoms with Gasteiger partial charge < -0.3 is 14.2 Å². The van der Waals surface area contributed by atoms with Gasteiger partial charge in [0.15, 0.2) is 0 Å². The Kier molecular flexibility index (Phi) is 6.99. The largest absolute Gasteiger partial charge is 0.364 e. The van der Waals surface area contributed by atoms with Crippen molar-refractivity contribution < 1.29 is 14.2 Å². The second-order valence-corrected chi connectivity index (χ2v) is 6.28. The molecule has 0 N–H and O–H groups in total. The molecule has 20 heavy (non-hydrogen) atoms. The minimum absolute atomic E-state index is 0.297. The Balaban J connectivity index is 1.38. The molecule has 0 saturated carbocycles. The molecule has 1 aromatic rings. The number of rotatable bonds is 10. The minimum Gasteiger partial charge on any atom is -0.364 e. The fourth-order valence-corrected chi connectivity index (χ4v) is 2.59. The van der Waals surface area contributed by atoms with Gasteiger partial charge in [0.1, 0.15) is 12.9 Å². The molecule has 1 aliphatic rings. The van der Waals surface area contributed by atoms with Crippen molar-refractivity contribution in [3.8, 4) is 0 Å². The monoisotopic (exact) mass is 388 g/mol. The summed E-state index contributed by atoms with van der Waals surface area (Å²) in [5, 5.41) is 0. The molecular formula is C16H21IO3. The number of hydrogen-bond acceptors (Lipinski definition) is 3. The van der Waals surface area contributed by atoms with Crippen LogP contribution in [0.3, 0.4) is 0 Å². The van der Waals surface area contributed by atoms with E-state index in [1.165, 1.54) is 5.56 Å². The van der Waals surface area contributed by atoms with Gasteiger partial charge in [-0.15, -0.1) is 0 Å². The predicted molar refractivity (Wildman–Crippen MR) is 87.7 cm³/mol. The maximum atomic E-state index is 5.50. The fraction of sp³-hybridized carbons (Fsp3) is 0.500. The third-order valence-electron chi connectivity index (χ3n) is 3.20. The van der Waals surface area contributed by atoms with E-state index in [-0.39, 0.29) is 0 Å². The lowest BCUT2D eigenvalue weighted by molar-refractivity contribution is -0.0623. The summed E-state index contributed by atoms with van der Waals surface area (Å²) in [6.45, 7) is 5.61. The molecule has 0 bridgehead atoms. The molecule has 0 aliphatic carbocycles. The number of unbranched alkanes of at least 4 members (excludes halogenated alkanes) is 1. The summed E-state index contributed by atoms with van der Waals surface area (Å²) in [4.78, 5) is 0. The number of benzene rings is 1. The van der Waals surface area contributed by atoms with Gasteiger partial charge in [-0.1, -0.05) is 36.9 Å². The zero-order chi connectivity index (χ0) is 14.2. The van der Waals surface area contributed by atoms with Crippen LogP contribution in [0, 0.1) is 0 Å². The number of ether oxygens (including phenoxy) is 3. The van der Waals surface area contributed by atoms with E-state index in [0.717, 1.165) is 29.4 Å². The Morgan fingerprint density at radius 1 is 1.20 bits per heavy atom. The van der Waals surface area contributed by atoms with Gasteiger partial charge in [0.25, 0.3) is 0 Å². The van der Waals surface area contributed by atoms with Gasteiger partial charge >= 0.3 is 0 Å². The Morgan fingerprint density at radius 2 is 2.00 bits per heavy atom. The zero-order valence-electron chi connectivity index (χ0n) is 11.6. The highest BCUT2D eigenvalue weighted by atomic mass is 127. The summed E-state index contributed by atoms with van der Waals surface area (Å²) in [6, 6.07) is 10.1. The van der Waals surface area contributed by atoms with Crippen molar-refractivity contribution in [1.29, 1.82) is 0 Å². The first-order chi connectivity index (χ1) is 9.77. The van der Waals surface area contributed by atoms with E-state index >= 15 is 0 Å². The zero-order valence-corrected chi connectivity index (χ0v) is 13.8. The molecule has 1 heterocycles. The molecule has 3 nitrogen and oxygen atoms in total. The summed E-state index contributed by atoms with van der Waals surface area (Å²) in [5.41, 5.74) is 1.17. The van der Waals surface area contributed by atoms with Crippen LogP contribution in [-0.2, 0) is 20.8 Å². The van der Waals surface area contributed by atoms with Crippen LogP contribution >= 0.6 is 22.6 Å². The highest BCUT2D eigenvalue weighted by Crippen LogP contribution is 2.34. The van der Waals surface area contributed by atoms with Gasteiger partial charge in [-0.25, -0.2) is 0 Å². The van der Waals surface area contributed by atoms with Crippen LogP contribution in [0.4, 0.5) is 0 Å². The van der Waals surface area contributed by atoms with Crippen molar-refractivity contribution in [3.63, 3.8) is 0 Å². The third-order valence-corrected chi connectivity index (χ3v) is 3.81. The predicted octanol–water partition coefficient (Wildman–Crippen LogP) is 4.06. The van der Waals surface area contributed by atoms with E-state index in [2.05, 4.69) is 29.2 Å². The van der Waals surface area contributed by atoms with Crippen molar-refractivity contribution >= 4 is 22.6 Å². The van der Waals surface area contributed by atoms with E-state index in [1.54, 1.807) is 0 Å². The molecule has 1 fully saturated rings. The van der Waals surface area contributed by atoms with Crippen molar-refractivity contribution in [2.75, 3.05) is 13.4 Å². The van der Waals surface area contributed by atoms with E-state index in [0.29, 0.717) is 25.6 Å². The summed E-state index contributed by atoms with van der Waals surface area (Å²) in [6.07, 6.45) is 3.97. The highest BCUT2D eigenvalue weighted by Gasteiger charge is 2.39. The molecule has 1 saturated heterocycles. The first-order valence-electron chi connectivity index (χ1n) is 6.96. The summed E-state index contributed by atoms with van der Waals surface area (Å²) in [7, 11) is 0. The molecule has 110 valence electrons. The SMILES string of the molecule is C=C(I)[C@H]1O[C@@H]1CCCCOCOCc1ccccc1. The second-order valence-electron chi connectivity index (χ2n) is 4.90. The Labute approximate surface area is 134 Å². The van der Waals surface area contributed by atoms with E-state index in [1.807, 2.05) is 30.3 Å². The lowest BCUT2D eigenvalue weighted by Crippen LogP contribution is -2.02. The molecule has 2 atom stereocenters. The molecule has 0 unspecified atom stereocenters. The third kappa shape index (κ3) is 5.91. The second kappa shape index (κ2) is 8.77. The topological polar surface area (TPSA) is 31.0 Å². The van der Waals surface area contributed by atoms with Crippen molar-refractivity contribution in [2.24, 2.45) is 0 Å². The fourth-order valence-electron chi connectivity index (χ4n) is 2.04. The van der Waals surface area contributed by atoms with Crippen molar-refractivity contribution in [3.05, 3.63) is 46.1 Å². The number of halogens is 1. The lowest BCUT2D eigenvalue weighted by Gasteiger charge is -2.05. The molecule has 1 aliphatic heterocycles. The normalized spacial score (nSPS) is 20.9. The van der Waals surface area contributed by atoms with E-state index < -0.39 is 0 Å². The van der Waals surface area contributed by atoms with Crippen LogP contribution < -0.4 is 0 Å². The van der Waals surface area contributed by atoms with Gasteiger partial charge in [0.2, 0.25) is 0 Å². The summed E-state index contributed by atoms with van der Waals surface area (Å²) < 4.78 is 17.5. The maximum Gasteiger partial charge on any atom is 0.147 e. The Morgan fingerprint density at radius 3 is 2.70 bits per heavy atom. The van der Waals surface area contributed by atoms with E-state index in [9.17, 15) is 0 Å². The molecule has 4 heteroatoms. The Bertz CT molecular complexity index is 407. The average Bonchev–Trinajstić information content (AvgIpc) is 3.23. The summed E-state index contributed by atoms with van der Waals surface area (Å²) >= 11 is 2.24. The standard InChI is InChI=1S/C16H21IO3/c1-13(17)16-15(20-16)9-5-6-10-18-12-19-11-14-7-3-2-4-8-14/h2-4,7-8,15-16H,1,5-6,9-12H2/t15-,16-/m1/s1. The van der Waals surface area contributed by atoms with Crippen LogP contribution in [0.5, 0.6) is 0 Å². The van der Waals surface area contributed by atoms with Gasteiger partial charge in [-0.2, -0.15) is 0 Å². The van der Waals surface area contributed by atoms with Crippen molar-refractivity contribution in [1.82, 2.24) is 0 Å². The van der Waals surface area contributed by atoms with Gasteiger partial charge in [-0.05, 0) is 47.4 Å². The van der Waals surface area contributed by atoms with Gasteiger partial charge in [0, 0.05) is 10.2 Å². The molecule has 1 aromatic carbocycles. The quantitative estimate of drug-likeness (QED) is 0.262. The lowest BCUT2D eigenvalue weighted by atomic mass is 10.1. The van der Waals surface area contributed by atoms with Gasteiger partial charge in [0.05, 0.1) is 12.7 Å². The van der Waals surface area contributed by atoms with Crippen molar-refractivity contribution in [2.45, 2.75) is 38.1 Å². The van der Waals surface area contributed by atoms with Crippen LogP contribution in [0.2, 0.25) is 0 Å².